The maximum absolute atomic E-state index is 11.4. The highest BCUT2D eigenvalue weighted by molar-refractivity contribution is 5.80. The molecule has 0 spiro atoms. The monoisotopic (exact) mass is 196 g/mol. The minimum atomic E-state index is 0.237. The van der Waals surface area contributed by atoms with Crippen molar-refractivity contribution in [3.8, 4) is 0 Å². The summed E-state index contributed by atoms with van der Waals surface area (Å²) in [5.74, 6) is 1.62. The lowest BCUT2D eigenvalue weighted by Crippen LogP contribution is -2.09. The molecule has 1 saturated carbocycles. The molecule has 0 aromatic rings. The van der Waals surface area contributed by atoms with Crippen molar-refractivity contribution in [3.63, 3.8) is 0 Å². The Kier molecular flexibility index (Phi) is 5.21. The second-order valence-corrected chi connectivity index (χ2v) is 5.02. The number of Topliss-reactive ketones (excluding diaryl/α,β-unsaturated/α-hetero) is 1. The van der Waals surface area contributed by atoms with E-state index in [-0.39, 0.29) is 5.92 Å². The Hall–Kier alpha value is -0.330. The first-order valence-electron chi connectivity index (χ1n) is 6.23. The summed E-state index contributed by atoms with van der Waals surface area (Å²) in [5, 5.41) is 0. The molecule has 0 radical (unpaired) electrons. The molecular weight excluding hydrogens is 172 g/mol. The minimum absolute atomic E-state index is 0.237. The Morgan fingerprint density at radius 2 is 1.86 bits per heavy atom. The van der Waals surface area contributed by atoms with Gasteiger partial charge in [-0.15, -0.1) is 0 Å². The first-order chi connectivity index (χ1) is 6.70. The molecule has 0 heterocycles. The SMILES string of the molecule is CC(C)C(=O)CCCC1CCCCC1. The molecule has 0 aliphatic heterocycles. The first-order valence-corrected chi connectivity index (χ1v) is 6.23. The number of carbonyl (C=O) groups excluding carboxylic acids is 1. The van der Waals surface area contributed by atoms with E-state index in [1.54, 1.807) is 0 Å². The Bertz CT molecular complexity index is 166. The molecule has 1 aliphatic rings. The molecule has 14 heavy (non-hydrogen) atoms. The molecular formula is C13H24O. The van der Waals surface area contributed by atoms with Crippen molar-refractivity contribution in [1.29, 1.82) is 0 Å². The summed E-state index contributed by atoms with van der Waals surface area (Å²) < 4.78 is 0. The van der Waals surface area contributed by atoms with Gasteiger partial charge in [0.2, 0.25) is 0 Å². The van der Waals surface area contributed by atoms with Gasteiger partial charge in [-0.2, -0.15) is 0 Å². The number of hydrogen-bond acceptors (Lipinski definition) is 1. The maximum atomic E-state index is 11.4. The third-order valence-corrected chi connectivity index (χ3v) is 3.40. The summed E-state index contributed by atoms with van der Waals surface area (Å²) in [6.45, 7) is 4.01. The van der Waals surface area contributed by atoms with Gasteiger partial charge >= 0.3 is 0 Å². The van der Waals surface area contributed by atoms with Crippen LogP contribution in [-0.4, -0.2) is 5.78 Å². The van der Waals surface area contributed by atoms with Crippen molar-refractivity contribution in [2.45, 2.75) is 65.2 Å². The van der Waals surface area contributed by atoms with Gasteiger partial charge in [-0.1, -0.05) is 52.4 Å². The van der Waals surface area contributed by atoms with Gasteiger partial charge in [-0.25, -0.2) is 0 Å². The molecule has 0 aromatic carbocycles. The molecule has 1 aliphatic carbocycles. The predicted octanol–water partition coefficient (Wildman–Crippen LogP) is 3.96. The standard InChI is InChI=1S/C13H24O/c1-11(2)13(14)10-6-9-12-7-4-3-5-8-12/h11-12H,3-10H2,1-2H3. The van der Waals surface area contributed by atoms with Crippen LogP contribution in [0.25, 0.3) is 0 Å². The van der Waals surface area contributed by atoms with Gasteiger partial charge in [0.15, 0.2) is 0 Å². The van der Waals surface area contributed by atoms with Crippen molar-refractivity contribution in [2.75, 3.05) is 0 Å². The number of hydrogen-bond donors (Lipinski definition) is 0. The lowest BCUT2D eigenvalue weighted by molar-refractivity contribution is -0.122. The number of ketones is 1. The quantitative estimate of drug-likeness (QED) is 0.650. The Morgan fingerprint density at radius 1 is 1.21 bits per heavy atom. The molecule has 0 amide bonds. The van der Waals surface area contributed by atoms with Crippen molar-refractivity contribution in [1.82, 2.24) is 0 Å². The summed E-state index contributed by atoms with van der Waals surface area (Å²) in [4.78, 5) is 11.4. The van der Waals surface area contributed by atoms with Crippen LogP contribution in [0.4, 0.5) is 0 Å². The summed E-state index contributed by atoms with van der Waals surface area (Å²) in [7, 11) is 0. The molecule has 0 aromatic heterocycles. The van der Waals surface area contributed by atoms with E-state index in [4.69, 9.17) is 0 Å². The molecule has 0 saturated heterocycles. The van der Waals surface area contributed by atoms with Crippen LogP contribution in [0, 0.1) is 11.8 Å². The normalized spacial score (nSPS) is 18.8. The first kappa shape index (κ1) is 11.7. The molecule has 1 rings (SSSR count). The Balaban J connectivity index is 2.05. The summed E-state index contributed by atoms with van der Waals surface area (Å²) in [6.07, 6.45) is 10.3. The fraction of sp³-hybridized carbons (Fsp3) is 0.923. The molecule has 1 nitrogen and oxygen atoms in total. The highest BCUT2D eigenvalue weighted by atomic mass is 16.1. The smallest absolute Gasteiger partial charge is 0.135 e. The fourth-order valence-corrected chi connectivity index (χ4v) is 2.33. The third kappa shape index (κ3) is 4.26. The van der Waals surface area contributed by atoms with Crippen molar-refractivity contribution in [3.05, 3.63) is 0 Å². The molecule has 0 N–H and O–H groups in total. The van der Waals surface area contributed by atoms with Gasteiger partial charge < -0.3 is 0 Å². The van der Waals surface area contributed by atoms with E-state index in [2.05, 4.69) is 0 Å². The Morgan fingerprint density at radius 3 is 2.43 bits per heavy atom. The van der Waals surface area contributed by atoms with Crippen LogP contribution in [0.3, 0.4) is 0 Å². The van der Waals surface area contributed by atoms with Crippen LogP contribution >= 0.6 is 0 Å². The van der Waals surface area contributed by atoms with Crippen molar-refractivity contribution in [2.24, 2.45) is 11.8 Å². The zero-order valence-electron chi connectivity index (χ0n) is 9.72. The topological polar surface area (TPSA) is 17.1 Å². The van der Waals surface area contributed by atoms with Crippen molar-refractivity contribution >= 4 is 5.78 Å². The maximum Gasteiger partial charge on any atom is 0.135 e. The fourth-order valence-electron chi connectivity index (χ4n) is 2.33. The summed E-state index contributed by atoms with van der Waals surface area (Å²) >= 11 is 0. The van der Waals surface area contributed by atoms with Crippen LogP contribution < -0.4 is 0 Å². The van der Waals surface area contributed by atoms with Crippen LogP contribution in [0.1, 0.15) is 65.2 Å². The zero-order chi connectivity index (χ0) is 10.4. The highest BCUT2D eigenvalue weighted by Crippen LogP contribution is 2.27. The lowest BCUT2D eigenvalue weighted by Gasteiger charge is -2.21. The van der Waals surface area contributed by atoms with Gasteiger partial charge in [-0.05, 0) is 12.3 Å². The van der Waals surface area contributed by atoms with Gasteiger partial charge in [0.05, 0.1) is 0 Å². The van der Waals surface area contributed by atoms with Gasteiger partial charge in [0, 0.05) is 12.3 Å². The second kappa shape index (κ2) is 6.21. The van der Waals surface area contributed by atoms with Crippen LogP contribution in [0.15, 0.2) is 0 Å². The van der Waals surface area contributed by atoms with Crippen LogP contribution in [-0.2, 0) is 4.79 Å². The van der Waals surface area contributed by atoms with Crippen LogP contribution in [0.5, 0.6) is 0 Å². The third-order valence-electron chi connectivity index (χ3n) is 3.40. The van der Waals surface area contributed by atoms with E-state index in [1.165, 1.54) is 38.5 Å². The summed E-state index contributed by atoms with van der Waals surface area (Å²) in [6, 6.07) is 0. The molecule has 1 fully saturated rings. The van der Waals surface area contributed by atoms with Crippen molar-refractivity contribution < 1.29 is 4.79 Å². The van der Waals surface area contributed by atoms with E-state index in [1.807, 2.05) is 13.8 Å². The molecule has 0 bridgehead atoms. The highest BCUT2D eigenvalue weighted by Gasteiger charge is 2.14. The van der Waals surface area contributed by atoms with E-state index in [0.717, 1.165) is 18.8 Å². The van der Waals surface area contributed by atoms with Gasteiger partial charge in [0.1, 0.15) is 5.78 Å². The van der Waals surface area contributed by atoms with E-state index >= 15 is 0 Å². The number of rotatable bonds is 5. The molecule has 82 valence electrons. The van der Waals surface area contributed by atoms with E-state index in [9.17, 15) is 4.79 Å². The predicted molar refractivity (Wildman–Crippen MR) is 60.3 cm³/mol. The van der Waals surface area contributed by atoms with Crippen LogP contribution in [0.2, 0.25) is 0 Å². The second-order valence-electron chi connectivity index (χ2n) is 5.02. The van der Waals surface area contributed by atoms with E-state index in [0.29, 0.717) is 5.78 Å². The number of carbonyl (C=O) groups is 1. The Labute approximate surface area is 88.3 Å². The summed E-state index contributed by atoms with van der Waals surface area (Å²) in [5.41, 5.74) is 0. The largest absolute Gasteiger partial charge is 0.299 e. The van der Waals surface area contributed by atoms with Gasteiger partial charge in [-0.3, -0.25) is 4.79 Å². The minimum Gasteiger partial charge on any atom is -0.299 e. The van der Waals surface area contributed by atoms with Gasteiger partial charge in [0.25, 0.3) is 0 Å². The zero-order valence-corrected chi connectivity index (χ0v) is 9.72. The lowest BCUT2D eigenvalue weighted by atomic mass is 9.85. The average molecular weight is 196 g/mol. The van der Waals surface area contributed by atoms with E-state index < -0.39 is 0 Å². The molecule has 1 heteroatoms. The average Bonchev–Trinajstić information content (AvgIpc) is 2.19. The molecule has 0 atom stereocenters. The molecule has 0 unspecified atom stereocenters.